The van der Waals surface area contributed by atoms with Gasteiger partial charge in [-0.15, -0.1) is 0 Å². The smallest absolute Gasteiger partial charge is 0.251 e. The highest BCUT2D eigenvalue weighted by molar-refractivity contribution is 5.94. The van der Waals surface area contributed by atoms with Crippen molar-refractivity contribution in [2.45, 2.75) is 38.0 Å². The topological polar surface area (TPSA) is 41.1 Å². The third kappa shape index (κ3) is 3.21. The fourth-order valence-corrected chi connectivity index (χ4v) is 3.17. The van der Waals surface area contributed by atoms with Crippen molar-refractivity contribution in [2.24, 2.45) is 5.92 Å². The monoisotopic (exact) mass is 272 g/mol. The number of benzene rings is 1. The molecule has 0 spiro atoms. The maximum atomic E-state index is 12.0. The Hall–Kier alpha value is -1.35. The van der Waals surface area contributed by atoms with Crippen LogP contribution >= 0.6 is 0 Å². The Morgan fingerprint density at radius 3 is 2.40 bits per heavy atom. The summed E-state index contributed by atoms with van der Waals surface area (Å²) in [6.45, 7) is 2.85. The van der Waals surface area contributed by atoms with Gasteiger partial charge in [0.25, 0.3) is 5.91 Å². The number of carbonyl (C=O) groups excluding carboxylic acids is 1. The molecule has 0 atom stereocenters. The Morgan fingerprint density at radius 1 is 1.10 bits per heavy atom. The normalized spacial score (nSPS) is 20.4. The molecule has 2 aliphatic rings. The fourth-order valence-electron chi connectivity index (χ4n) is 3.17. The van der Waals surface area contributed by atoms with Crippen LogP contribution in [0.3, 0.4) is 0 Å². The zero-order valence-electron chi connectivity index (χ0n) is 12.0. The molecule has 0 aromatic heterocycles. The van der Waals surface area contributed by atoms with Gasteiger partial charge in [-0.05, 0) is 36.5 Å². The van der Waals surface area contributed by atoms with E-state index in [0.717, 1.165) is 25.2 Å². The molecule has 3 nitrogen and oxygen atoms in total. The van der Waals surface area contributed by atoms with Gasteiger partial charge in [0, 0.05) is 31.1 Å². The second kappa shape index (κ2) is 6.40. The van der Waals surface area contributed by atoms with E-state index in [0.29, 0.717) is 11.8 Å². The van der Waals surface area contributed by atoms with E-state index in [1.807, 2.05) is 12.1 Å². The Balaban J connectivity index is 1.55. The van der Waals surface area contributed by atoms with Crippen LogP contribution in [-0.2, 0) is 0 Å². The number of amides is 1. The van der Waals surface area contributed by atoms with E-state index in [1.165, 1.54) is 37.7 Å². The van der Waals surface area contributed by atoms with Crippen molar-refractivity contribution in [3.63, 3.8) is 0 Å². The number of nitrogens with one attached hydrogen (secondary N) is 2. The van der Waals surface area contributed by atoms with Gasteiger partial charge in [0.05, 0.1) is 0 Å². The summed E-state index contributed by atoms with van der Waals surface area (Å²) >= 11 is 0. The first-order valence-corrected chi connectivity index (χ1v) is 7.92. The van der Waals surface area contributed by atoms with E-state index >= 15 is 0 Å². The van der Waals surface area contributed by atoms with Gasteiger partial charge in [0.15, 0.2) is 0 Å². The first-order chi connectivity index (χ1) is 9.83. The SMILES string of the molecule is O=C(NCC1CNC1)c1ccc(C2CCCCC2)cc1. The fraction of sp³-hybridized carbons (Fsp3) is 0.588. The number of hydrogen-bond acceptors (Lipinski definition) is 2. The highest BCUT2D eigenvalue weighted by Crippen LogP contribution is 2.32. The molecule has 0 bridgehead atoms. The molecular weight excluding hydrogens is 248 g/mol. The zero-order valence-corrected chi connectivity index (χ0v) is 12.0. The lowest BCUT2D eigenvalue weighted by atomic mass is 9.84. The standard InChI is InChI=1S/C17H24N2O/c20-17(19-12-13-10-18-11-13)16-8-6-15(7-9-16)14-4-2-1-3-5-14/h6-9,13-14,18H,1-5,10-12H2,(H,19,20). The maximum Gasteiger partial charge on any atom is 0.251 e. The molecule has 3 heteroatoms. The summed E-state index contributed by atoms with van der Waals surface area (Å²) in [5, 5.41) is 6.24. The van der Waals surface area contributed by atoms with Crippen LogP contribution in [0.4, 0.5) is 0 Å². The summed E-state index contributed by atoms with van der Waals surface area (Å²) in [5.41, 5.74) is 2.20. The van der Waals surface area contributed by atoms with E-state index in [4.69, 9.17) is 0 Å². The molecule has 1 saturated carbocycles. The first kappa shape index (κ1) is 13.6. The third-order valence-electron chi connectivity index (χ3n) is 4.67. The number of rotatable bonds is 4. The summed E-state index contributed by atoms with van der Waals surface area (Å²) in [6, 6.07) is 8.27. The van der Waals surface area contributed by atoms with Gasteiger partial charge in [0.2, 0.25) is 0 Å². The van der Waals surface area contributed by atoms with Crippen molar-refractivity contribution in [1.29, 1.82) is 0 Å². The van der Waals surface area contributed by atoms with Crippen LogP contribution < -0.4 is 10.6 Å². The molecular formula is C17H24N2O. The van der Waals surface area contributed by atoms with E-state index in [2.05, 4.69) is 22.8 Å². The minimum Gasteiger partial charge on any atom is -0.352 e. The molecule has 1 amide bonds. The molecule has 2 fully saturated rings. The Labute approximate surface area is 121 Å². The largest absolute Gasteiger partial charge is 0.352 e. The molecule has 0 radical (unpaired) electrons. The molecule has 108 valence electrons. The van der Waals surface area contributed by atoms with Gasteiger partial charge in [-0.1, -0.05) is 31.4 Å². The summed E-state index contributed by atoms with van der Waals surface area (Å²) in [4.78, 5) is 12.0. The molecule has 1 aromatic carbocycles. The highest BCUT2D eigenvalue weighted by atomic mass is 16.1. The molecule has 1 saturated heterocycles. The van der Waals surface area contributed by atoms with Crippen molar-refractivity contribution < 1.29 is 4.79 Å². The predicted octanol–water partition coefficient (Wildman–Crippen LogP) is 2.68. The zero-order chi connectivity index (χ0) is 13.8. The summed E-state index contributed by atoms with van der Waals surface area (Å²) < 4.78 is 0. The second-order valence-electron chi connectivity index (χ2n) is 6.19. The van der Waals surface area contributed by atoms with Crippen LogP contribution in [0.2, 0.25) is 0 Å². The molecule has 20 heavy (non-hydrogen) atoms. The Kier molecular flexibility index (Phi) is 4.36. The van der Waals surface area contributed by atoms with Gasteiger partial charge < -0.3 is 10.6 Å². The van der Waals surface area contributed by atoms with E-state index in [9.17, 15) is 4.79 Å². The van der Waals surface area contributed by atoms with Crippen molar-refractivity contribution >= 4 is 5.91 Å². The molecule has 1 aliphatic carbocycles. The first-order valence-electron chi connectivity index (χ1n) is 7.92. The molecule has 2 N–H and O–H groups in total. The minimum absolute atomic E-state index is 0.0621. The van der Waals surface area contributed by atoms with Gasteiger partial charge in [0.1, 0.15) is 0 Å². The molecule has 3 rings (SSSR count). The molecule has 1 heterocycles. The average molecular weight is 272 g/mol. The third-order valence-corrected chi connectivity index (χ3v) is 4.67. The van der Waals surface area contributed by atoms with Crippen molar-refractivity contribution in [3.05, 3.63) is 35.4 Å². The average Bonchev–Trinajstić information content (AvgIpc) is 2.46. The van der Waals surface area contributed by atoms with Crippen LogP contribution in [0.15, 0.2) is 24.3 Å². The van der Waals surface area contributed by atoms with Crippen molar-refractivity contribution in [2.75, 3.05) is 19.6 Å². The van der Waals surface area contributed by atoms with Gasteiger partial charge in [-0.3, -0.25) is 4.79 Å². The number of carbonyl (C=O) groups is 1. The van der Waals surface area contributed by atoms with Crippen LogP contribution in [-0.4, -0.2) is 25.5 Å². The van der Waals surface area contributed by atoms with Crippen molar-refractivity contribution in [3.8, 4) is 0 Å². The quantitative estimate of drug-likeness (QED) is 0.885. The minimum atomic E-state index is 0.0621. The Bertz CT molecular complexity index is 445. The Morgan fingerprint density at radius 2 is 1.80 bits per heavy atom. The lowest BCUT2D eigenvalue weighted by Gasteiger charge is -2.27. The predicted molar refractivity (Wildman–Crippen MR) is 81.0 cm³/mol. The van der Waals surface area contributed by atoms with Gasteiger partial charge in [-0.2, -0.15) is 0 Å². The maximum absolute atomic E-state index is 12.0. The number of hydrogen-bond donors (Lipinski definition) is 2. The lowest BCUT2D eigenvalue weighted by Crippen LogP contribution is -2.48. The lowest BCUT2D eigenvalue weighted by molar-refractivity contribution is 0.0942. The summed E-state index contributed by atoms with van der Waals surface area (Å²) in [7, 11) is 0. The van der Waals surface area contributed by atoms with Crippen LogP contribution in [0.1, 0.15) is 53.9 Å². The summed E-state index contributed by atoms with van der Waals surface area (Å²) in [6.07, 6.45) is 6.69. The van der Waals surface area contributed by atoms with Gasteiger partial charge >= 0.3 is 0 Å². The van der Waals surface area contributed by atoms with E-state index in [1.54, 1.807) is 0 Å². The van der Waals surface area contributed by atoms with Crippen LogP contribution in [0.25, 0.3) is 0 Å². The molecule has 0 unspecified atom stereocenters. The molecule has 1 aromatic rings. The second-order valence-corrected chi connectivity index (χ2v) is 6.19. The van der Waals surface area contributed by atoms with Crippen molar-refractivity contribution in [1.82, 2.24) is 10.6 Å². The summed E-state index contributed by atoms with van der Waals surface area (Å²) in [5.74, 6) is 1.38. The van der Waals surface area contributed by atoms with E-state index in [-0.39, 0.29) is 5.91 Å². The van der Waals surface area contributed by atoms with Crippen LogP contribution in [0, 0.1) is 5.92 Å². The molecule has 1 aliphatic heterocycles. The van der Waals surface area contributed by atoms with E-state index < -0.39 is 0 Å². The highest BCUT2D eigenvalue weighted by Gasteiger charge is 2.18. The van der Waals surface area contributed by atoms with Crippen LogP contribution in [0.5, 0.6) is 0 Å². The van der Waals surface area contributed by atoms with Gasteiger partial charge in [-0.25, -0.2) is 0 Å².